The highest BCUT2D eigenvalue weighted by Crippen LogP contribution is 2.70. The topological polar surface area (TPSA) is 57.2 Å². The van der Waals surface area contributed by atoms with Gasteiger partial charge in [-0.1, -0.05) is 6.92 Å². The fourth-order valence-corrected chi connectivity index (χ4v) is 8.95. The highest BCUT2D eigenvalue weighted by Gasteiger charge is 2.68. The second kappa shape index (κ2) is 6.16. The smallest absolute Gasteiger partial charge is 0.174 e. The van der Waals surface area contributed by atoms with Crippen molar-refractivity contribution in [3.63, 3.8) is 0 Å². The van der Waals surface area contributed by atoms with Gasteiger partial charge in [-0.05, 0) is 67.6 Å². The summed E-state index contributed by atoms with van der Waals surface area (Å²) >= 11 is 0. The summed E-state index contributed by atoms with van der Waals surface area (Å²) in [4.78, 5) is 0. The molecule has 4 aliphatic carbocycles. The molecule has 0 amide bonds. The lowest BCUT2D eigenvalue weighted by Crippen LogP contribution is -2.60. The Bertz CT molecular complexity index is 624. The van der Waals surface area contributed by atoms with Crippen molar-refractivity contribution in [1.82, 2.24) is 0 Å². The summed E-state index contributed by atoms with van der Waals surface area (Å²) in [7, 11) is 0. The molecule has 6 fully saturated rings. The van der Waals surface area contributed by atoms with Gasteiger partial charge in [0.15, 0.2) is 11.6 Å². The summed E-state index contributed by atoms with van der Waals surface area (Å²) in [5.41, 5.74) is 0.208. The maximum absolute atomic E-state index is 10.7. The quantitative estimate of drug-likeness (QED) is 0.740. The molecule has 2 aliphatic heterocycles. The van der Waals surface area contributed by atoms with E-state index in [1.54, 1.807) is 0 Å². The minimum absolute atomic E-state index is 0.0674. The Morgan fingerprint density at radius 2 is 1.50 bits per heavy atom. The third-order valence-corrected chi connectivity index (χ3v) is 10.3. The molecule has 0 aromatic carbocycles. The van der Waals surface area contributed by atoms with E-state index in [4.69, 9.17) is 18.9 Å². The monoisotopic (exact) mass is 392 g/mol. The van der Waals surface area contributed by atoms with Gasteiger partial charge in [0.05, 0.1) is 26.4 Å². The van der Waals surface area contributed by atoms with Crippen LogP contribution in [0.2, 0.25) is 0 Å². The minimum atomic E-state index is -0.345. The molecule has 0 radical (unpaired) electrons. The summed E-state index contributed by atoms with van der Waals surface area (Å²) in [6.07, 6.45) is 10.1. The van der Waals surface area contributed by atoms with Crippen LogP contribution < -0.4 is 0 Å². The lowest BCUT2D eigenvalue weighted by atomic mass is 9.44. The maximum Gasteiger partial charge on any atom is 0.174 e. The normalized spacial score (nSPS) is 51.2. The van der Waals surface area contributed by atoms with Crippen molar-refractivity contribution in [3.8, 4) is 0 Å². The Labute approximate surface area is 168 Å². The summed E-state index contributed by atoms with van der Waals surface area (Å²) in [6, 6.07) is 0. The number of aliphatic hydroxyl groups excluding tert-OH is 1. The van der Waals surface area contributed by atoms with Gasteiger partial charge in [0.1, 0.15) is 0 Å². The van der Waals surface area contributed by atoms with E-state index in [0.717, 1.165) is 52.1 Å². The van der Waals surface area contributed by atoms with Gasteiger partial charge in [-0.15, -0.1) is 0 Å². The van der Waals surface area contributed by atoms with E-state index in [2.05, 4.69) is 6.92 Å². The van der Waals surface area contributed by atoms with Crippen LogP contribution in [0.1, 0.15) is 64.7 Å². The second-order valence-electron chi connectivity index (χ2n) is 10.8. The van der Waals surface area contributed by atoms with E-state index in [1.165, 1.54) is 32.1 Å². The van der Waals surface area contributed by atoms with Gasteiger partial charge < -0.3 is 24.1 Å². The van der Waals surface area contributed by atoms with Crippen molar-refractivity contribution in [2.75, 3.05) is 33.0 Å². The van der Waals surface area contributed by atoms with Crippen LogP contribution in [0.15, 0.2) is 0 Å². The van der Waals surface area contributed by atoms with Crippen LogP contribution in [0.4, 0.5) is 0 Å². The first-order valence-corrected chi connectivity index (χ1v) is 11.7. The molecule has 2 saturated heterocycles. The van der Waals surface area contributed by atoms with Crippen LogP contribution in [-0.4, -0.2) is 49.7 Å². The van der Waals surface area contributed by atoms with E-state index in [0.29, 0.717) is 30.3 Å². The minimum Gasteiger partial charge on any atom is -0.396 e. The SMILES string of the molecule is C[C@]12CC[C@H]3[C@@H](CCC4CC5(CC[C@@]43CO)OCCO5)[C@@H]1CCC21OCCO1. The Morgan fingerprint density at radius 1 is 0.786 bits per heavy atom. The molecule has 6 aliphatic rings. The lowest BCUT2D eigenvalue weighted by Gasteiger charge is -2.62. The summed E-state index contributed by atoms with van der Waals surface area (Å²) in [6.45, 7) is 5.74. The lowest BCUT2D eigenvalue weighted by molar-refractivity contribution is -0.263. The van der Waals surface area contributed by atoms with Crippen LogP contribution >= 0.6 is 0 Å². The third-order valence-electron chi connectivity index (χ3n) is 10.3. The average Bonchev–Trinajstić information content (AvgIpc) is 3.43. The Morgan fingerprint density at radius 3 is 2.25 bits per heavy atom. The predicted molar refractivity (Wildman–Crippen MR) is 102 cm³/mol. The number of ether oxygens (including phenoxy) is 4. The van der Waals surface area contributed by atoms with Crippen LogP contribution in [-0.2, 0) is 18.9 Å². The van der Waals surface area contributed by atoms with Crippen molar-refractivity contribution in [2.45, 2.75) is 76.3 Å². The molecule has 0 bridgehead atoms. The van der Waals surface area contributed by atoms with Crippen molar-refractivity contribution in [1.29, 1.82) is 0 Å². The van der Waals surface area contributed by atoms with E-state index in [1.807, 2.05) is 0 Å². The summed E-state index contributed by atoms with van der Waals surface area (Å²) < 4.78 is 24.7. The second-order valence-corrected chi connectivity index (χ2v) is 10.8. The largest absolute Gasteiger partial charge is 0.396 e. The molecule has 1 N–H and O–H groups in total. The molecule has 6 atom stereocenters. The molecule has 158 valence electrons. The van der Waals surface area contributed by atoms with Gasteiger partial charge in [-0.3, -0.25) is 0 Å². The molecule has 5 nitrogen and oxygen atoms in total. The molecular weight excluding hydrogens is 356 g/mol. The Balaban J connectivity index is 1.30. The number of fused-ring (bicyclic) bond motifs is 6. The van der Waals surface area contributed by atoms with Gasteiger partial charge in [0, 0.05) is 31.3 Å². The molecule has 28 heavy (non-hydrogen) atoms. The molecule has 4 saturated carbocycles. The molecule has 2 heterocycles. The molecule has 0 aromatic rings. The molecular formula is C23H36O5. The van der Waals surface area contributed by atoms with Gasteiger partial charge >= 0.3 is 0 Å². The maximum atomic E-state index is 10.7. The third kappa shape index (κ3) is 2.21. The Hall–Kier alpha value is -0.200. The highest BCUT2D eigenvalue weighted by molar-refractivity contribution is 5.14. The van der Waals surface area contributed by atoms with Crippen molar-refractivity contribution >= 4 is 0 Å². The molecule has 6 rings (SSSR count). The van der Waals surface area contributed by atoms with Crippen molar-refractivity contribution in [2.24, 2.45) is 34.5 Å². The van der Waals surface area contributed by atoms with Crippen LogP contribution in [0.3, 0.4) is 0 Å². The number of rotatable bonds is 1. The first-order chi connectivity index (χ1) is 13.6. The van der Waals surface area contributed by atoms with Crippen molar-refractivity contribution in [3.05, 3.63) is 0 Å². The van der Waals surface area contributed by atoms with E-state index in [9.17, 15) is 5.11 Å². The average molecular weight is 393 g/mol. The molecule has 5 heteroatoms. The fourth-order valence-electron chi connectivity index (χ4n) is 8.95. The zero-order valence-electron chi connectivity index (χ0n) is 17.3. The fraction of sp³-hybridized carbons (Fsp3) is 1.00. The summed E-state index contributed by atoms with van der Waals surface area (Å²) in [5.74, 6) is 1.86. The standard InChI is InChI=1S/C23H36O5/c1-20-6-4-19-17(18(20)5-7-23(20)27-12-13-28-23)3-2-16-14-22(25-10-11-26-22)9-8-21(16,19)15-24/h16-19,24H,2-15H2,1H3/t16?,17-,18-,19-,20-,21+/m0/s1. The first kappa shape index (κ1) is 18.6. The first-order valence-electron chi connectivity index (χ1n) is 11.7. The van der Waals surface area contributed by atoms with Crippen LogP contribution in [0.5, 0.6) is 0 Å². The highest BCUT2D eigenvalue weighted by atomic mass is 16.7. The molecule has 0 aromatic heterocycles. The van der Waals surface area contributed by atoms with Crippen LogP contribution in [0.25, 0.3) is 0 Å². The predicted octanol–water partition coefficient (Wildman–Crippen LogP) is 3.49. The van der Waals surface area contributed by atoms with Gasteiger partial charge in [-0.25, -0.2) is 0 Å². The molecule has 1 unspecified atom stereocenters. The van der Waals surface area contributed by atoms with Crippen molar-refractivity contribution < 1.29 is 24.1 Å². The van der Waals surface area contributed by atoms with E-state index >= 15 is 0 Å². The Kier molecular flexibility index (Phi) is 4.09. The number of hydrogen-bond acceptors (Lipinski definition) is 5. The van der Waals surface area contributed by atoms with E-state index in [-0.39, 0.29) is 22.4 Å². The van der Waals surface area contributed by atoms with Gasteiger partial charge in [0.2, 0.25) is 0 Å². The van der Waals surface area contributed by atoms with E-state index < -0.39 is 0 Å². The zero-order chi connectivity index (χ0) is 19.0. The van der Waals surface area contributed by atoms with Gasteiger partial charge in [0.25, 0.3) is 0 Å². The zero-order valence-corrected chi connectivity index (χ0v) is 17.3. The molecule has 2 spiro atoms. The number of aliphatic hydroxyl groups is 1. The van der Waals surface area contributed by atoms with Gasteiger partial charge in [-0.2, -0.15) is 0 Å². The van der Waals surface area contributed by atoms with Crippen LogP contribution in [0, 0.1) is 34.5 Å². The number of hydrogen-bond donors (Lipinski definition) is 1. The summed E-state index contributed by atoms with van der Waals surface area (Å²) in [5, 5.41) is 10.7.